The fourth-order valence-corrected chi connectivity index (χ4v) is 6.35. The van der Waals surface area contributed by atoms with E-state index in [1.165, 1.54) is 87.9 Å². The van der Waals surface area contributed by atoms with E-state index in [1.807, 2.05) is 48.5 Å². The van der Waals surface area contributed by atoms with Crippen molar-refractivity contribution in [2.45, 2.75) is 62.3 Å². The predicted octanol–water partition coefficient (Wildman–Crippen LogP) is 6.67. The van der Waals surface area contributed by atoms with Gasteiger partial charge in [0.25, 0.3) is 0 Å². The number of aryl methyl sites for hydroxylation is 4. The number of halogens is 4. The van der Waals surface area contributed by atoms with E-state index in [0.717, 1.165) is 10.0 Å². The largest absolute Gasteiger partial charge is 1.00 e. The number of benzene rings is 4. The first-order chi connectivity index (χ1) is 21.1. The number of allylic oxidation sites excluding steroid dienone is 4. The minimum absolute atomic E-state index is 0. The molecule has 1 atom stereocenters. The molecule has 5 heteroatoms. The number of hydrogen-bond donors (Lipinski definition) is 0. The molecule has 1 aliphatic carbocycles. The molecular formula is C42H44Cl4Zr-2. The molecule has 0 nitrogen and oxygen atoms in total. The van der Waals surface area contributed by atoms with E-state index in [0.29, 0.717) is 11.8 Å². The van der Waals surface area contributed by atoms with Crippen LogP contribution in [0, 0.1) is 51.0 Å². The van der Waals surface area contributed by atoms with Crippen LogP contribution in [-0.2, 0) is 24.2 Å². The summed E-state index contributed by atoms with van der Waals surface area (Å²) < 4.78 is 1.31. The summed E-state index contributed by atoms with van der Waals surface area (Å²) in [4.78, 5) is 0. The quantitative estimate of drug-likeness (QED) is 0.180. The molecule has 0 aliphatic heterocycles. The molecule has 1 aliphatic rings. The Kier molecular flexibility index (Phi) is 15.6. The van der Waals surface area contributed by atoms with Crippen LogP contribution in [0.15, 0.2) is 96.6 Å². The monoisotopic (exact) mass is 778 g/mol. The van der Waals surface area contributed by atoms with Crippen LogP contribution in [0.2, 0.25) is 10.0 Å². The molecule has 0 amide bonds. The van der Waals surface area contributed by atoms with Gasteiger partial charge in [0, 0.05) is 0 Å². The van der Waals surface area contributed by atoms with E-state index in [2.05, 4.69) is 111 Å². The maximum absolute atomic E-state index is 5.86. The molecule has 47 heavy (non-hydrogen) atoms. The van der Waals surface area contributed by atoms with Crippen LogP contribution in [0.25, 0.3) is 21.5 Å². The molecule has 0 heterocycles. The van der Waals surface area contributed by atoms with Gasteiger partial charge in [-0.3, -0.25) is 6.08 Å². The zero-order chi connectivity index (χ0) is 33.1. The second kappa shape index (κ2) is 17.7. The van der Waals surface area contributed by atoms with Gasteiger partial charge in [-0.2, -0.15) is 11.6 Å². The van der Waals surface area contributed by atoms with Crippen molar-refractivity contribution >= 4 is 48.0 Å². The zero-order valence-corrected chi connectivity index (χ0v) is 34.3. The third-order valence-corrected chi connectivity index (χ3v) is 10.5. The van der Waals surface area contributed by atoms with Gasteiger partial charge in [0.1, 0.15) is 0 Å². The molecule has 0 aromatic heterocycles. The second-order valence-corrected chi connectivity index (χ2v) is 15.6. The second-order valence-electron chi connectivity index (χ2n) is 13.5. The Bertz CT molecular complexity index is 1760. The summed E-state index contributed by atoms with van der Waals surface area (Å²) in [6.07, 6.45) is 7.90. The smallest absolute Gasteiger partial charge is 1.00 e. The van der Waals surface area contributed by atoms with Gasteiger partial charge in [-0.15, -0.1) is 39.7 Å². The molecule has 0 bridgehead atoms. The summed E-state index contributed by atoms with van der Waals surface area (Å²) in [6, 6.07) is 27.4. The minimum Gasteiger partial charge on any atom is -1.00 e. The maximum Gasteiger partial charge on any atom is -1.00 e. The molecule has 0 saturated carbocycles. The normalized spacial score (nSPS) is 13.7. The Balaban J connectivity index is 0.000000244. The number of hydrogen-bond acceptors (Lipinski definition) is 0. The number of fused-ring (bicyclic) bond motifs is 3. The average Bonchev–Trinajstić information content (AvgIpc) is 3.61. The molecular weight excluding hydrogens is 737 g/mol. The van der Waals surface area contributed by atoms with Crippen molar-refractivity contribution in [3.8, 4) is 0 Å². The topological polar surface area (TPSA) is 0 Å². The van der Waals surface area contributed by atoms with E-state index in [-0.39, 0.29) is 30.2 Å². The third kappa shape index (κ3) is 10.8. The first-order valence-electron chi connectivity index (χ1n) is 15.6. The van der Waals surface area contributed by atoms with Gasteiger partial charge in [0.2, 0.25) is 0 Å². The molecule has 1 unspecified atom stereocenters. The van der Waals surface area contributed by atoms with Crippen molar-refractivity contribution < 1.29 is 49.0 Å². The van der Waals surface area contributed by atoms with Gasteiger partial charge in [-0.05, 0) is 27.7 Å². The Morgan fingerprint density at radius 1 is 0.702 bits per heavy atom. The van der Waals surface area contributed by atoms with Crippen molar-refractivity contribution in [3.05, 3.63) is 146 Å². The molecule has 0 spiro atoms. The van der Waals surface area contributed by atoms with Gasteiger partial charge in [-0.1, -0.05) is 86.3 Å². The Hall–Kier alpha value is -1.86. The van der Waals surface area contributed by atoms with Gasteiger partial charge in [0.15, 0.2) is 0 Å². The Morgan fingerprint density at radius 3 is 1.40 bits per heavy atom. The Labute approximate surface area is 320 Å². The molecule has 6 rings (SSSR count). The van der Waals surface area contributed by atoms with Crippen molar-refractivity contribution in [1.29, 1.82) is 0 Å². The first kappa shape index (κ1) is 41.3. The van der Waals surface area contributed by atoms with Crippen LogP contribution in [0.1, 0.15) is 68.0 Å². The molecule has 246 valence electrons. The third-order valence-electron chi connectivity index (χ3n) is 8.57. The summed E-state index contributed by atoms with van der Waals surface area (Å²) in [6.45, 7) is 20.0. The summed E-state index contributed by atoms with van der Waals surface area (Å²) in [5, 5.41) is 7.06. The average molecular weight is 782 g/mol. The fraction of sp³-hybridized carbons (Fsp3) is 0.286. The van der Waals surface area contributed by atoms with Gasteiger partial charge in [0.05, 0.1) is 0 Å². The van der Waals surface area contributed by atoms with Crippen molar-refractivity contribution in [2.24, 2.45) is 17.3 Å². The van der Waals surface area contributed by atoms with E-state index in [9.17, 15) is 0 Å². The van der Waals surface area contributed by atoms with Crippen LogP contribution in [-0.4, -0.2) is 3.21 Å². The summed E-state index contributed by atoms with van der Waals surface area (Å²) in [5.41, 5.74) is 9.65. The van der Waals surface area contributed by atoms with Crippen molar-refractivity contribution in [3.63, 3.8) is 0 Å². The fourth-order valence-electron chi connectivity index (χ4n) is 5.28. The molecule has 5 aromatic carbocycles. The SMILES string of the molecule is CC(C)C1[C-]=CC(C(C)(C)C)=C1.Cc1cc2[cH-]c3cc(C)c(C)cc3c2cc1C.Clc1ccc([C](=[Zr+2])c2ccc(Cl)cc2)cc1.[Cl-].[Cl-]. The Morgan fingerprint density at radius 2 is 1.09 bits per heavy atom. The van der Waals surface area contributed by atoms with Crippen LogP contribution in [0.5, 0.6) is 0 Å². The van der Waals surface area contributed by atoms with Crippen LogP contribution in [0.3, 0.4) is 0 Å². The van der Waals surface area contributed by atoms with Crippen LogP contribution >= 0.6 is 23.2 Å². The molecule has 0 fully saturated rings. The van der Waals surface area contributed by atoms with E-state index in [4.69, 9.17) is 23.2 Å². The maximum atomic E-state index is 5.86. The van der Waals surface area contributed by atoms with Crippen molar-refractivity contribution in [1.82, 2.24) is 0 Å². The zero-order valence-electron chi connectivity index (χ0n) is 28.8. The van der Waals surface area contributed by atoms with Crippen LogP contribution < -0.4 is 24.8 Å². The standard InChI is InChI=1S/C17H17.C13H8Cl2.C12H19.2ClH.Zr/c1-10-5-14-9-15-6-11(2)13(4)8-17(15)16(14)7-12(10)3;14-12-5-1-10(2-6-12)9-11-3-7-13(15)8-4-11;1-9(2)10-6-7-11(8-10)12(3,4)5;;;/h5-9H,1-4H3;1-8H;7-10H,1-5H3;2*1H;/q-1;;-1;;;+2/p-2. The van der Waals surface area contributed by atoms with E-state index in [1.54, 1.807) is 0 Å². The molecule has 0 N–H and O–H groups in total. The van der Waals surface area contributed by atoms with Gasteiger partial charge < -0.3 is 24.8 Å². The van der Waals surface area contributed by atoms with Crippen molar-refractivity contribution in [2.75, 3.05) is 0 Å². The summed E-state index contributed by atoms with van der Waals surface area (Å²) >= 11 is 13.1. The molecule has 0 radical (unpaired) electrons. The van der Waals surface area contributed by atoms with Gasteiger partial charge >= 0.3 is 120 Å². The minimum atomic E-state index is 0. The molecule has 5 aromatic rings. The molecule has 0 saturated heterocycles. The van der Waals surface area contributed by atoms with E-state index < -0.39 is 0 Å². The summed E-state index contributed by atoms with van der Waals surface area (Å²) in [7, 11) is 0. The predicted molar refractivity (Wildman–Crippen MR) is 196 cm³/mol. The number of rotatable bonds is 3. The summed E-state index contributed by atoms with van der Waals surface area (Å²) in [5.74, 6) is 1.22. The van der Waals surface area contributed by atoms with E-state index >= 15 is 0 Å². The van der Waals surface area contributed by atoms with Crippen LogP contribution in [0.4, 0.5) is 0 Å². The van der Waals surface area contributed by atoms with Gasteiger partial charge in [-0.25, -0.2) is 6.08 Å². The first-order valence-corrected chi connectivity index (χ1v) is 17.6.